The number of pyridine rings is 2. The van der Waals surface area contributed by atoms with Gasteiger partial charge in [-0.05, 0) is 67.1 Å². The first-order valence-corrected chi connectivity index (χ1v) is 12.1. The number of ether oxygens (including phenoxy) is 3. The number of nitrogens with zero attached hydrogens (tertiary/aromatic N) is 2. The predicted octanol–water partition coefficient (Wildman–Crippen LogP) is 6.03. The molecule has 0 atom stereocenters. The van der Waals surface area contributed by atoms with Crippen molar-refractivity contribution in [2.45, 2.75) is 6.92 Å². The van der Waals surface area contributed by atoms with E-state index < -0.39 is 23.1 Å². The number of carbonyl (C=O) groups excluding carboxylic acids is 1. The van der Waals surface area contributed by atoms with E-state index in [-0.39, 0.29) is 17.0 Å². The SMILES string of the molecule is COc1cc2nccc(Oc3ccc(NC(=O)c4c(C)ccn(-c5ccc(F)cc5)c4=O)cc3F)c2cc1OC. The van der Waals surface area contributed by atoms with Crippen LogP contribution in [0, 0.1) is 18.6 Å². The van der Waals surface area contributed by atoms with Gasteiger partial charge in [0.05, 0.1) is 19.7 Å². The summed E-state index contributed by atoms with van der Waals surface area (Å²) in [4.78, 5) is 30.5. The van der Waals surface area contributed by atoms with E-state index in [1.165, 1.54) is 67.6 Å². The van der Waals surface area contributed by atoms with Crippen molar-refractivity contribution < 1.29 is 27.8 Å². The number of aryl methyl sites for hydroxylation is 1. The van der Waals surface area contributed by atoms with Crippen LogP contribution in [0.2, 0.25) is 0 Å². The number of hydrogen-bond acceptors (Lipinski definition) is 6. The molecule has 0 spiro atoms. The van der Waals surface area contributed by atoms with Crippen LogP contribution >= 0.6 is 0 Å². The summed E-state index contributed by atoms with van der Waals surface area (Å²) in [5.41, 5.74) is 0.785. The van der Waals surface area contributed by atoms with Gasteiger partial charge < -0.3 is 19.5 Å². The molecule has 0 saturated heterocycles. The number of methoxy groups -OCH3 is 2. The Morgan fingerprint density at radius 3 is 2.30 bits per heavy atom. The number of hydrogen-bond donors (Lipinski definition) is 1. The fourth-order valence-electron chi connectivity index (χ4n) is 4.22. The minimum atomic E-state index is -0.739. The Labute approximate surface area is 227 Å². The van der Waals surface area contributed by atoms with Crippen molar-refractivity contribution in [3.8, 4) is 28.7 Å². The van der Waals surface area contributed by atoms with E-state index in [1.54, 1.807) is 31.2 Å². The van der Waals surface area contributed by atoms with Gasteiger partial charge in [-0.1, -0.05) is 0 Å². The lowest BCUT2D eigenvalue weighted by molar-refractivity contribution is 0.102. The number of carbonyl (C=O) groups is 1. The zero-order valence-corrected chi connectivity index (χ0v) is 21.7. The number of nitrogens with one attached hydrogen (secondary N) is 1. The molecule has 3 aromatic carbocycles. The molecule has 5 aromatic rings. The third-order valence-electron chi connectivity index (χ3n) is 6.25. The fraction of sp³-hybridized carbons (Fsp3) is 0.100. The Balaban J connectivity index is 1.40. The number of fused-ring (bicyclic) bond motifs is 1. The molecule has 0 bridgehead atoms. The molecular weight excluding hydrogens is 520 g/mol. The standard InChI is InChI=1S/C30H23F2N3O5/c1-17-11-13-35(20-7-4-18(31)5-8-20)30(37)28(17)29(36)34-19-6-9-25(22(32)14-19)40-24-10-12-33-23-16-27(39-3)26(38-2)15-21(23)24/h4-16H,1-3H3,(H,34,36). The Morgan fingerprint density at radius 1 is 0.875 bits per heavy atom. The summed E-state index contributed by atoms with van der Waals surface area (Å²) in [6.45, 7) is 1.62. The second-order valence-corrected chi connectivity index (χ2v) is 8.76. The minimum Gasteiger partial charge on any atom is -0.493 e. The van der Waals surface area contributed by atoms with Gasteiger partial charge in [0, 0.05) is 41.3 Å². The van der Waals surface area contributed by atoms with Crippen LogP contribution < -0.4 is 25.1 Å². The van der Waals surface area contributed by atoms with E-state index in [1.807, 2.05) is 0 Å². The Morgan fingerprint density at radius 2 is 1.60 bits per heavy atom. The first-order chi connectivity index (χ1) is 19.3. The summed E-state index contributed by atoms with van der Waals surface area (Å²) in [7, 11) is 3.02. The molecule has 10 heteroatoms. The average Bonchev–Trinajstić information content (AvgIpc) is 2.94. The van der Waals surface area contributed by atoms with E-state index in [0.29, 0.717) is 39.4 Å². The Bertz CT molecular complexity index is 1800. The summed E-state index contributed by atoms with van der Waals surface area (Å²) in [5.74, 6) is -0.707. The molecule has 8 nitrogen and oxygen atoms in total. The number of rotatable bonds is 7. The van der Waals surface area contributed by atoms with Crippen LogP contribution in [-0.4, -0.2) is 29.7 Å². The van der Waals surface area contributed by atoms with Gasteiger partial charge in [0.15, 0.2) is 23.1 Å². The van der Waals surface area contributed by atoms with E-state index >= 15 is 4.39 Å². The smallest absolute Gasteiger partial charge is 0.268 e. The van der Waals surface area contributed by atoms with Crippen LogP contribution in [-0.2, 0) is 0 Å². The van der Waals surface area contributed by atoms with Crippen molar-refractivity contribution in [3.05, 3.63) is 112 Å². The van der Waals surface area contributed by atoms with Crippen LogP contribution in [0.3, 0.4) is 0 Å². The summed E-state index contributed by atoms with van der Waals surface area (Å²) in [6, 6.07) is 15.8. The van der Waals surface area contributed by atoms with Crippen LogP contribution in [0.15, 0.2) is 83.9 Å². The molecule has 0 unspecified atom stereocenters. The third kappa shape index (κ3) is 5.06. The van der Waals surface area contributed by atoms with Gasteiger partial charge in [-0.15, -0.1) is 0 Å². The van der Waals surface area contributed by atoms with Crippen molar-refractivity contribution in [1.82, 2.24) is 9.55 Å². The molecule has 1 N–H and O–H groups in total. The van der Waals surface area contributed by atoms with Crippen molar-refractivity contribution >= 4 is 22.5 Å². The number of aromatic nitrogens is 2. The number of amides is 1. The molecule has 2 aromatic heterocycles. The average molecular weight is 544 g/mol. The van der Waals surface area contributed by atoms with Gasteiger partial charge in [-0.25, -0.2) is 8.78 Å². The highest BCUT2D eigenvalue weighted by Gasteiger charge is 2.18. The normalized spacial score (nSPS) is 10.8. The van der Waals surface area contributed by atoms with Crippen molar-refractivity contribution in [3.63, 3.8) is 0 Å². The van der Waals surface area contributed by atoms with Crippen molar-refractivity contribution in [1.29, 1.82) is 0 Å². The second kappa shape index (κ2) is 10.9. The molecule has 0 aliphatic rings. The van der Waals surface area contributed by atoms with Gasteiger partial charge in [0.2, 0.25) is 0 Å². The van der Waals surface area contributed by atoms with E-state index in [9.17, 15) is 14.0 Å². The molecule has 0 aliphatic heterocycles. The molecule has 2 heterocycles. The Hall–Kier alpha value is -5.25. The van der Waals surface area contributed by atoms with Crippen LogP contribution in [0.4, 0.5) is 14.5 Å². The lowest BCUT2D eigenvalue weighted by atomic mass is 10.1. The molecule has 40 heavy (non-hydrogen) atoms. The monoisotopic (exact) mass is 543 g/mol. The second-order valence-electron chi connectivity index (χ2n) is 8.76. The highest BCUT2D eigenvalue weighted by Crippen LogP contribution is 2.37. The summed E-state index contributed by atoms with van der Waals surface area (Å²) < 4.78 is 46.2. The quantitative estimate of drug-likeness (QED) is 0.269. The largest absolute Gasteiger partial charge is 0.493 e. The zero-order chi connectivity index (χ0) is 28.4. The molecule has 202 valence electrons. The lowest BCUT2D eigenvalue weighted by Gasteiger charge is -2.14. The minimum absolute atomic E-state index is 0.0881. The molecule has 0 radical (unpaired) electrons. The van der Waals surface area contributed by atoms with E-state index in [2.05, 4.69) is 10.3 Å². The molecule has 0 fully saturated rings. The van der Waals surface area contributed by atoms with Gasteiger partial charge in [-0.3, -0.25) is 19.1 Å². The fourth-order valence-corrected chi connectivity index (χ4v) is 4.22. The maximum absolute atomic E-state index is 15.1. The van der Waals surface area contributed by atoms with E-state index in [0.717, 1.165) is 6.07 Å². The van der Waals surface area contributed by atoms with Crippen LogP contribution in [0.1, 0.15) is 15.9 Å². The highest BCUT2D eigenvalue weighted by atomic mass is 19.1. The maximum Gasteiger partial charge on any atom is 0.268 e. The first kappa shape index (κ1) is 26.4. The van der Waals surface area contributed by atoms with Gasteiger partial charge in [0.25, 0.3) is 11.5 Å². The predicted molar refractivity (Wildman–Crippen MR) is 146 cm³/mol. The molecule has 0 saturated carbocycles. The van der Waals surface area contributed by atoms with Crippen molar-refractivity contribution in [2.24, 2.45) is 0 Å². The Kier molecular flexibility index (Phi) is 7.15. The van der Waals surface area contributed by atoms with Gasteiger partial charge >= 0.3 is 0 Å². The van der Waals surface area contributed by atoms with Crippen LogP contribution in [0.5, 0.6) is 23.0 Å². The van der Waals surface area contributed by atoms with Gasteiger partial charge in [-0.2, -0.15) is 0 Å². The summed E-state index contributed by atoms with van der Waals surface area (Å²) in [5, 5.41) is 3.15. The van der Waals surface area contributed by atoms with Gasteiger partial charge in [0.1, 0.15) is 17.1 Å². The zero-order valence-electron chi connectivity index (χ0n) is 21.7. The molecule has 5 rings (SSSR count). The van der Waals surface area contributed by atoms with E-state index in [4.69, 9.17) is 14.2 Å². The molecule has 0 aliphatic carbocycles. The molecule has 1 amide bonds. The maximum atomic E-state index is 15.1. The third-order valence-corrected chi connectivity index (χ3v) is 6.25. The highest BCUT2D eigenvalue weighted by molar-refractivity contribution is 6.05. The lowest BCUT2D eigenvalue weighted by Crippen LogP contribution is -2.29. The first-order valence-electron chi connectivity index (χ1n) is 12.1. The van der Waals surface area contributed by atoms with Crippen LogP contribution in [0.25, 0.3) is 16.6 Å². The topological polar surface area (TPSA) is 91.7 Å². The van der Waals surface area contributed by atoms with Crippen molar-refractivity contribution in [2.75, 3.05) is 19.5 Å². The molecular formula is C30H23F2N3O5. The summed E-state index contributed by atoms with van der Waals surface area (Å²) >= 11 is 0. The number of halogens is 2. The summed E-state index contributed by atoms with van der Waals surface area (Å²) in [6.07, 6.45) is 3.03. The number of benzene rings is 3. The number of anilines is 1.